The molecule has 2 aromatic carbocycles. The fourth-order valence-electron chi connectivity index (χ4n) is 2.72. The van der Waals surface area contributed by atoms with Gasteiger partial charge in [0.15, 0.2) is 0 Å². The standard InChI is InChI=1S/C19H19FN2O/c1-19(2,3)15-6-4-5-7-17(15)22-18(23)14-11-21-16-9-8-12(20)10-13(14)16/h4-11,21H,1-3H3,(H,22,23). The molecule has 1 heterocycles. The molecule has 0 radical (unpaired) electrons. The molecule has 1 aromatic heterocycles. The highest BCUT2D eigenvalue weighted by molar-refractivity contribution is 6.13. The Bertz CT molecular complexity index is 874. The third-order valence-corrected chi connectivity index (χ3v) is 3.87. The monoisotopic (exact) mass is 310 g/mol. The van der Waals surface area contributed by atoms with Crippen LogP contribution in [-0.4, -0.2) is 10.9 Å². The molecule has 0 saturated carbocycles. The molecular weight excluding hydrogens is 291 g/mol. The summed E-state index contributed by atoms with van der Waals surface area (Å²) < 4.78 is 13.5. The fraction of sp³-hybridized carbons (Fsp3) is 0.211. The van der Waals surface area contributed by atoms with Crippen molar-refractivity contribution in [2.75, 3.05) is 5.32 Å². The van der Waals surface area contributed by atoms with E-state index in [1.165, 1.54) is 12.1 Å². The largest absolute Gasteiger partial charge is 0.360 e. The lowest BCUT2D eigenvalue weighted by atomic mass is 9.86. The van der Waals surface area contributed by atoms with Gasteiger partial charge in [0.25, 0.3) is 5.91 Å². The number of halogens is 1. The number of fused-ring (bicyclic) bond motifs is 1. The van der Waals surface area contributed by atoms with Crippen LogP contribution in [0.4, 0.5) is 10.1 Å². The molecule has 4 heteroatoms. The third kappa shape index (κ3) is 2.97. The van der Waals surface area contributed by atoms with Gasteiger partial charge in [0.1, 0.15) is 5.82 Å². The number of hydrogen-bond acceptors (Lipinski definition) is 1. The van der Waals surface area contributed by atoms with Crippen molar-refractivity contribution in [3.8, 4) is 0 Å². The summed E-state index contributed by atoms with van der Waals surface area (Å²) in [5, 5.41) is 3.53. The fourth-order valence-corrected chi connectivity index (χ4v) is 2.72. The van der Waals surface area contributed by atoms with Gasteiger partial charge in [-0.15, -0.1) is 0 Å². The Morgan fingerprint density at radius 1 is 1.13 bits per heavy atom. The Balaban J connectivity index is 1.98. The number of hydrogen-bond donors (Lipinski definition) is 2. The number of amides is 1. The lowest BCUT2D eigenvalue weighted by Gasteiger charge is -2.22. The van der Waals surface area contributed by atoms with Crippen molar-refractivity contribution in [3.05, 3.63) is 65.6 Å². The Kier molecular flexibility index (Phi) is 3.68. The quantitative estimate of drug-likeness (QED) is 0.698. The molecule has 0 aliphatic carbocycles. The first-order chi connectivity index (χ1) is 10.9. The molecule has 0 fully saturated rings. The number of aromatic nitrogens is 1. The SMILES string of the molecule is CC(C)(C)c1ccccc1NC(=O)c1c[nH]c2ccc(F)cc12. The molecule has 3 rings (SSSR count). The van der Waals surface area contributed by atoms with Gasteiger partial charge < -0.3 is 10.3 Å². The molecule has 0 aliphatic rings. The number of nitrogens with one attached hydrogen (secondary N) is 2. The normalized spacial score (nSPS) is 11.7. The maximum Gasteiger partial charge on any atom is 0.257 e. The van der Waals surface area contributed by atoms with Gasteiger partial charge in [0, 0.05) is 22.8 Å². The second kappa shape index (κ2) is 5.54. The third-order valence-electron chi connectivity index (χ3n) is 3.87. The average molecular weight is 310 g/mol. The van der Waals surface area contributed by atoms with Gasteiger partial charge in [-0.3, -0.25) is 4.79 Å². The summed E-state index contributed by atoms with van der Waals surface area (Å²) in [6.07, 6.45) is 1.61. The van der Waals surface area contributed by atoms with Crippen molar-refractivity contribution >= 4 is 22.5 Å². The second-order valence-electron chi connectivity index (χ2n) is 6.64. The summed E-state index contributed by atoms with van der Waals surface area (Å²) in [4.78, 5) is 15.6. The lowest BCUT2D eigenvalue weighted by molar-refractivity contribution is 0.102. The number of carbonyl (C=O) groups is 1. The van der Waals surface area contributed by atoms with Crippen LogP contribution < -0.4 is 5.32 Å². The molecular formula is C19H19FN2O. The summed E-state index contributed by atoms with van der Waals surface area (Å²) >= 11 is 0. The number of rotatable bonds is 2. The first-order valence-electron chi connectivity index (χ1n) is 7.54. The molecule has 0 saturated heterocycles. The molecule has 23 heavy (non-hydrogen) atoms. The second-order valence-corrected chi connectivity index (χ2v) is 6.64. The number of anilines is 1. The van der Waals surface area contributed by atoms with E-state index in [0.717, 1.165) is 16.8 Å². The van der Waals surface area contributed by atoms with Crippen LogP contribution in [0.25, 0.3) is 10.9 Å². The molecule has 0 atom stereocenters. The van der Waals surface area contributed by atoms with Gasteiger partial charge in [-0.25, -0.2) is 4.39 Å². The Labute approximate surface area is 134 Å². The topological polar surface area (TPSA) is 44.9 Å². The van der Waals surface area contributed by atoms with Crippen molar-refractivity contribution in [2.24, 2.45) is 0 Å². The van der Waals surface area contributed by atoms with Gasteiger partial charge in [-0.05, 0) is 35.2 Å². The number of benzene rings is 2. The van der Waals surface area contributed by atoms with Crippen molar-refractivity contribution in [1.82, 2.24) is 4.98 Å². The minimum atomic E-state index is -0.360. The van der Waals surface area contributed by atoms with Crippen LogP contribution in [0.15, 0.2) is 48.7 Å². The van der Waals surface area contributed by atoms with Crippen LogP contribution >= 0.6 is 0 Å². The van der Waals surface area contributed by atoms with Crippen LogP contribution in [0.2, 0.25) is 0 Å². The molecule has 1 amide bonds. The van der Waals surface area contributed by atoms with Crippen LogP contribution in [0.1, 0.15) is 36.7 Å². The Morgan fingerprint density at radius 3 is 2.61 bits per heavy atom. The number of para-hydroxylation sites is 1. The molecule has 0 bridgehead atoms. The highest BCUT2D eigenvalue weighted by Gasteiger charge is 2.20. The van der Waals surface area contributed by atoms with E-state index in [9.17, 15) is 9.18 Å². The zero-order valence-corrected chi connectivity index (χ0v) is 13.4. The highest BCUT2D eigenvalue weighted by atomic mass is 19.1. The predicted octanol–water partition coefficient (Wildman–Crippen LogP) is 4.86. The van der Waals surface area contributed by atoms with Gasteiger partial charge in [-0.2, -0.15) is 0 Å². The van der Waals surface area contributed by atoms with E-state index in [-0.39, 0.29) is 17.1 Å². The molecule has 3 aromatic rings. The highest BCUT2D eigenvalue weighted by Crippen LogP contribution is 2.30. The zero-order chi connectivity index (χ0) is 16.6. The van der Waals surface area contributed by atoms with E-state index in [4.69, 9.17) is 0 Å². The van der Waals surface area contributed by atoms with Crippen molar-refractivity contribution in [1.29, 1.82) is 0 Å². The minimum Gasteiger partial charge on any atom is -0.360 e. The van der Waals surface area contributed by atoms with Crippen molar-refractivity contribution < 1.29 is 9.18 Å². The summed E-state index contributed by atoms with van der Waals surface area (Å²) in [7, 11) is 0. The van der Waals surface area contributed by atoms with Crippen molar-refractivity contribution in [3.63, 3.8) is 0 Å². The summed E-state index contributed by atoms with van der Waals surface area (Å²) in [5.41, 5.74) is 2.91. The summed E-state index contributed by atoms with van der Waals surface area (Å²) in [6, 6.07) is 12.1. The first-order valence-corrected chi connectivity index (χ1v) is 7.54. The zero-order valence-electron chi connectivity index (χ0n) is 13.4. The summed E-state index contributed by atoms with van der Waals surface area (Å²) in [6.45, 7) is 6.29. The Morgan fingerprint density at radius 2 is 1.87 bits per heavy atom. The maximum atomic E-state index is 13.5. The maximum absolute atomic E-state index is 13.5. The van der Waals surface area contributed by atoms with Gasteiger partial charge in [0.05, 0.1) is 5.56 Å². The molecule has 0 unspecified atom stereocenters. The lowest BCUT2D eigenvalue weighted by Crippen LogP contribution is -2.18. The number of aromatic amines is 1. The van der Waals surface area contributed by atoms with Crippen LogP contribution in [-0.2, 0) is 5.41 Å². The minimum absolute atomic E-state index is 0.0871. The van der Waals surface area contributed by atoms with Crippen LogP contribution in [0, 0.1) is 5.82 Å². The first kappa shape index (κ1) is 15.3. The Hall–Kier alpha value is -2.62. The average Bonchev–Trinajstić information content (AvgIpc) is 2.89. The van der Waals surface area contributed by atoms with Gasteiger partial charge >= 0.3 is 0 Å². The van der Waals surface area contributed by atoms with E-state index >= 15 is 0 Å². The van der Waals surface area contributed by atoms with Crippen LogP contribution in [0.5, 0.6) is 0 Å². The van der Waals surface area contributed by atoms with Crippen molar-refractivity contribution in [2.45, 2.75) is 26.2 Å². The molecule has 0 aliphatic heterocycles. The molecule has 118 valence electrons. The number of H-pyrrole nitrogens is 1. The number of carbonyl (C=O) groups excluding carboxylic acids is 1. The van der Waals surface area contributed by atoms with E-state index in [2.05, 4.69) is 31.1 Å². The predicted molar refractivity (Wildman–Crippen MR) is 91.4 cm³/mol. The summed E-state index contributed by atoms with van der Waals surface area (Å²) in [5.74, 6) is -0.611. The van der Waals surface area contributed by atoms with E-state index in [1.807, 2.05) is 24.3 Å². The molecule has 3 nitrogen and oxygen atoms in total. The van der Waals surface area contributed by atoms with E-state index in [1.54, 1.807) is 12.3 Å². The van der Waals surface area contributed by atoms with E-state index < -0.39 is 0 Å². The van der Waals surface area contributed by atoms with Gasteiger partial charge in [-0.1, -0.05) is 39.0 Å². The van der Waals surface area contributed by atoms with Crippen LogP contribution in [0.3, 0.4) is 0 Å². The van der Waals surface area contributed by atoms with Gasteiger partial charge in [0.2, 0.25) is 0 Å². The smallest absolute Gasteiger partial charge is 0.257 e. The molecule has 0 spiro atoms. The molecule has 2 N–H and O–H groups in total. The van der Waals surface area contributed by atoms with E-state index in [0.29, 0.717) is 10.9 Å².